The summed E-state index contributed by atoms with van der Waals surface area (Å²) in [5.41, 5.74) is 7.61. The van der Waals surface area contributed by atoms with Crippen molar-refractivity contribution in [1.29, 1.82) is 0 Å². The van der Waals surface area contributed by atoms with E-state index in [9.17, 15) is 4.79 Å². The van der Waals surface area contributed by atoms with Gasteiger partial charge in [-0.3, -0.25) is 4.79 Å². The molecule has 4 N–H and O–H groups in total. The molecule has 0 saturated heterocycles. The van der Waals surface area contributed by atoms with E-state index in [1.807, 2.05) is 39.8 Å². The number of aliphatic hydroxyl groups is 1. The van der Waals surface area contributed by atoms with Crippen molar-refractivity contribution < 1.29 is 9.90 Å². The van der Waals surface area contributed by atoms with E-state index >= 15 is 0 Å². The Labute approximate surface area is 115 Å². The SMILES string of the molecule is Cc1cccc(N)c1C(=O)NC(CCO)C(C)(C)C. The van der Waals surface area contributed by atoms with Crippen LogP contribution >= 0.6 is 0 Å². The molecule has 1 aromatic carbocycles. The Morgan fingerprint density at radius 1 is 1.42 bits per heavy atom. The zero-order chi connectivity index (χ0) is 14.6. The van der Waals surface area contributed by atoms with Crippen LogP contribution in [0.1, 0.15) is 43.1 Å². The van der Waals surface area contributed by atoms with Gasteiger partial charge < -0.3 is 16.2 Å². The number of nitrogens with one attached hydrogen (secondary N) is 1. The maximum absolute atomic E-state index is 12.3. The molecule has 106 valence electrons. The predicted molar refractivity (Wildman–Crippen MR) is 78.0 cm³/mol. The summed E-state index contributed by atoms with van der Waals surface area (Å²) in [7, 11) is 0. The van der Waals surface area contributed by atoms with Gasteiger partial charge in [0.05, 0.1) is 5.56 Å². The number of hydrogen-bond donors (Lipinski definition) is 3. The zero-order valence-electron chi connectivity index (χ0n) is 12.2. The first-order valence-electron chi connectivity index (χ1n) is 6.54. The highest BCUT2D eigenvalue weighted by molar-refractivity contribution is 6.00. The molecule has 1 amide bonds. The van der Waals surface area contributed by atoms with Crippen LogP contribution in [0.3, 0.4) is 0 Å². The first-order chi connectivity index (χ1) is 8.77. The van der Waals surface area contributed by atoms with Crippen LogP contribution in [0.5, 0.6) is 0 Å². The van der Waals surface area contributed by atoms with Gasteiger partial charge in [-0.1, -0.05) is 32.9 Å². The third-order valence-electron chi connectivity index (χ3n) is 3.30. The van der Waals surface area contributed by atoms with Crippen molar-refractivity contribution in [1.82, 2.24) is 5.32 Å². The average molecular weight is 264 g/mol. The number of carbonyl (C=O) groups is 1. The molecule has 1 aromatic rings. The Bertz CT molecular complexity index is 430. The van der Waals surface area contributed by atoms with Crippen LogP contribution in [0.15, 0.2) is 18.2 Å². The van der Waals surface area contributed by atoms with Crippen molar-refractivity contribution in [3.05, 3.63) is 29.3 Å². The lowest BCUT2D eigenvalue weighted by Crippen LogP contribution is -2.44. The second-order valence-corrected chi connectivity index (χ2v) is 5.94. The van der Waals surface area contributed by atoms with E-state index in [0.717, 1.165) is 5.56 Å². The average Bonchev–Trinajstić information content (AvgIpc) is 2.27. The van der Waals surface area contributed by atoms with Gasteiger partial charge in [0.1, 0.15) is 0 Å². The van der Waals surface area contributed by atoms with Gasteiger partial charge in [0, 0.05) is 18.3 Å². The number of rotatable bonds is 4. The van der Waals surface area contributed by atoms with Gasteiger partial charge in [0.15, 0.2) is 0 Å². The van der Waals surface area contributed by atoms with Gasteiger partial charge in [0.2, 0.25) is 0 Å². The van der Waals surface area contributed by atoms with Crippen molar-refractivity contribution in [3.8, 4) is 0 Å². The molecule has 4 heteroatoms. The van der Waals surface area contributed by atoms with Crippen LogP contribution < -0.4 is 11.1 Å². The topological polar surface area (TPSA) is 75.4 Å². The van der Waals surface area contributed by atoms with E-state index in [0.29, 0.717) is 17.7 Å². The molecule has 1 rings (SSSR count). The smallest absolute Gasteiger partial charge is 0.253 e. The number of anilines is 1. The van der Waals surface area contributed by atoms with Crippen molar-refractivity contribution in [2.75, 3.05) is 12.3 Å². The summed E-state index contributed by atoms with van der Waals surface area (Å²) >= 11 is 0. The molecular weight excluding hydrogens is 240 g/mol. The Morgan fingerprint density at radius 2 is 2.05 bits per heavy atom. The van der Waals surface area contributed by atoms with Crippen LogP contribution in [-0.2, 0) is 0 Å². The lowest BCUT2D eigenvalue weighted by atomic mass is 9.84. The highest BCUT2D eigenvalue weighted by Gasteiger charge is 2.27. The summed E-state index contributed by atoms with van der Waals surface area (Å²) < 4.78 is 0. The minimum absolute atomic E-state index is 0.0471. The summed E-state index contributed by atoms with van der Waals surface area (Å²) in [4.78, 5) is 12.3. The molecule has 0 radical (unpaired) electrons. The van der Waals surface area contributed by atoms with Gasteiger partial charge in [-0.15, -0.1) is 0 Å². The standard InChI is InChI=1S/C15H24N2O2/c1-10-6-5-7-11(16)13(10)14(19)17-12(8-9-18)15(2,3)4/h5-7,12,18H,8-9,16H2,1-4H3,(H,17,19). The van der Waals surface area contributed by atoms with Gasteiger partial charge in [-0.2, -0.15) is 0 Å². The number of amides is 1. The summed E-state index contributed by atoms with van der Waals surface area (Å²) in [6, 6.07) is 5.32. The van der Waals surface area contributed by atoms with Crippen LogP contribution in [0.2, 0.25) is 0 Å². The van der Waals surface area contributed by atoms with Gasteiger partial charge >= 0.3 is 0 Å². The Kier molecular flexibility index (Phi) is 4.95. The summed E-state index contributed by atoms with van der Waals surface area (Å²) in [5, 5.41) is 12.1. The molecule has 0 aromatic heterocycles. The normalized spacial score (nSPS) is 13.1. The van der Waals surface area contributed by atoms with Crippen molar-refractivity contribution in [3.63, 3.8) is 0 Å². The fourth-order valence-electron chi connectivity index (χ4n) is 2.08. The van der Waals surface area contributed by atoms with Gasteiger partial charge in [-0.25, -0.2) is 0 Å². The second-order valence-electron chi connectivity index (χ2n) is 5.94. The summed E-state index contributed by atoms with van der Waals surface area (Å²) in [6.07, 6.45) is 0.529. The molecule has 0 aliphatic carbocycles. The van der Waals surface area contributed by atoms with Gasteiger partial charge in [0.25, 0.3) is 5.91 Å². The van der Waals surface area contributed by atoms with Crippen LogP contribution in [0.25, 0.3) is 0 Å². The van der Waals surface area contributed by atoms with Crippen LogP contribution in [0.4, 0.5) is 5.69 Å². The highest BCUT2D eigenvalue weighted by Crippen LogP contribution is 2.23. The number of nitrogen functional groups attached to an aromatic ring is 1. The second kappa shape index (κ2) is 6.06. The number of aryl methyl sites for hydroxylation is 1. The minimum Gasteiger partial charge on any atom is -0.398 e. The molecule has 0 aliphatic rings. The first-order valence-corrected chi connectivity index (χ1v) is 6.54. The molecule has 0 fully saturated rings. The zero-order valence-corrected chi connectivity index (χ0v) is 12.2. The fourth-order valence-corrected chi connectivity index (χ4v) is 2.08. The molecular formula is C15H24N2O2. The minimum atomic E-state index is -0.177. The summed E-state index contributed by atoms with van der Waals surface area (Å²) in [5.74, 6) is -0.177. The molecule has 1 atom stereocenters. The molecule has 0 heterocycles. The summed E-state index contributed by atoms with van der Waals surface area (Å²) in [6.45, 7) is 8.02. The molecule has 0 spiro atoms. The van der Waals surface area contributed by atoms with Crippen molar-refractivity contribution >= 4 is 11.6 Å². The van der Waals surface area contributed by atoms with Crippen LogP contribution in [-0.4, -0.2) is 23.7 Å². The maximum Gasteiger partial charge on any atom is 0.253 e. The Hall–Kier alpha value is -1.55. The highest BCUT2D eigenvalue weighted by atomic mass is 16.3. The maximum atomic E-state index is 12.3. The van der Waals surface area contributed by atoms with Crippen molar-refractivity contribution in [2.45, 2.75) is 40.2 Å². The molecule has 19 heavy (non-hydrogen) atoms. The third kappa shape index (κ3) is 3.96. The monoisotopic (exact) mass is 264 g/mol. The van der Waals surface area contributed by atoms with E-state index in [1.165, 1.54) is 0 Å². The quantitative estimate of drug-likeness (QED) is 0.729. The number of benzene rings is 1. The third-order valence-corrected chi connectivity index (χ3v) is 3.30. The first kappa shape index (κ1) is 15.5. The Balaban J connectivity index is 2.95. The number of carbonyl (C=O) groups excluding carboxylic acids is 1. The molecule has 4 nitrogen and oxygen atoms in total. The predicted octanol–water partition coefficient (Wildman–Crippen LogP) is 2.10. The lowest BCUT2D eigenvalue weighted by molar-refractivity contribution is 0.0885. The molecule has 0 aliphatic heterocycles. The van der Waals surface area contributed by atoms with Gasteiger partial charge in [-0.05, 0) is 30.4 Å². The lowest BCUT2D eigenvalue weighted by Gasteiger charge is -2.31. The molecule has 0 bridgehead atoms. The molecule has 1 unspecified atom stereocenters. The largest absolute Gasteiger partial charge is 0.398 e. The number of hydrogen-bond acceptors (Lipinski definition) is 3. The number of nitrogens with two attached hydrogens (primary N) is 1. The van der Waals surface area contributed by atoms with E-state index in [-0.39, 0.29) is 24.0 Å². The van der Waals surface area contributed by atoms with E-state index in [2.05, 4.69) is 5.32 Å². The van der Waals surface area contributed by atoms with E-state index in [1.54, 1.807) is 6.07 Å². The molecule has 0 saturated carbocycles. The van der Waals surface area contributed by atoms with Crippen LogP contribution in [0, 0.1) is 12.3 Å². The Morgan fingerprint density at radius 3 is 2.53 bits per heavy atom. The van der Waals surface area contributed by atoms with Crippen molar-refractivity contribution in [2.24, 2.45) is 5.41 Å². The number of aliphatic hydroxyl groups excluding tert-OH is 1. The fraction of sp³-hybridized carbons (Fsp3) is 0.533. The van der Waals surface area contributed by atoms with E-state index in [4.69, 9.17) is 10.8 Å². The van der Waals surface area contributed by atoms with E-state index < -0.39 is 0 Å².